The number of rotatable bonds is 4. The fourth-order valence-corrected chi connectivity index (χ4v) is 3.60. The normalized spacial score (nSPS) is 11.8. The third-order valence-electron chi connectivity index (χ3n) is 3.25. The summed E-state index contributed by atoms with van der Waals surface area (Å²) < 4.78 is 27.5. The van der Waals surface area contributed by atoms with Crippen molar-refractivity contribution >= 4 is 21.6 Å². The number of nitrogens with one attached hydrogen (secondary N) is 4. The Hall–Kier alpha value is -2.88. The highest BCUT2D eigenvalue weighted by Gasteiger charge is 2.25. The third-order valence-corrected chi connectivity index (χ3v) is 4.77. The SMILES string of the molecule is Cc1[nH]c(=O)[nH]c(=O)c1S(=O)(=O)Nc1ccccc1C(=O)NC(C)(C)C. The van der Waals surface area contributed by atoms with Crippen molar-refractivity contribution in [1.82, 2.24) is 15.3 Å². The van der Waals surface area contributed by atoms with Gasteiger partial charge in [-0.2, -0.15) is 0 Å². The molecule has 1 heterocycles. The molecule has 0 aliphatic carbocycles. The van der Waals surface area contributed by atoms with E-state index in [-0.39, 0.29) is 16.9 Å². The maximum absolute atomic E-state index is 12.6. The van der Waals surface area contributed by atoms with Crippen LogP contribution in [0.1, 0.15) is 36.8 Å². The number of sulfonamides is 1. The number of hydrogen-bond donors (Lipinski definition) is 4. The van der Waals surface area contributed by atoms with Crippen LogP contribution in [-0.2, 0) is 10.0 Å². The van der Waals surface area contributed by atoms with Crippen molar-refractivity contribution in [3.63, 3.8) is 0 Å². The molecule has 0 fully saturated rings. The molecule has 1 aromatic carbocycles. The predicted octanol–water partition coefficient (Wildman–Crippen LogP) is 0.701. The first kappa shape index (κ1) is 19.4. The number of H-pyrrole nitrogens is 2. The number of anilines is 1. The maximum atomic E-state index is 12.6. The highest BCUT2D eigenvalue weighted by molar-refractivity contribution is 7.92. The molecule has 0 atom stereocenters. The van der Waals surface area contributed by atoms with Gasteiger partial charge < -0.3 is 10.3 Å². The minimum Gasteiger partial charge on any atom is -0.347 e. The summed E-state index contributed by atoms with van der Waals surface area (Å²) in [6, 6.07) is 6.01. The predicted molar refractivity (Wildman–Crippen MR) is 96.9 cm³/mol. The molecule has 0 bridgehead atoms. The van der Waals surface area contributed by atoms with E-state index < -0.39 is 37.6 Å². The molecule has 2 rings (SSSR count). The number of benzene rings is 1. The molecule has 0 aliphatic heterocycles. The Labute approximate surface area is 149 Å². The Kier molecular flexibility index (Phi) is 5.08. The lowest BCUT2D eigenvalue weighted by Crippen LogP contribution is -2.41. The molecule has 0 unspecified atom stereocenters. The summed E-state index contributed by atoms with van der Waals surface area (Å²) in [7, 11) is -4.34. The largest absolute Gasteiger partial charge is 0.347 e. The van der Waals surface area contributed by atoms with Crippen molar-refractivity contribution in [2.75, 3.05) is 4.72 Å². The first-order valence-electron chi connectivity index (χ1n) is 7.68. The Morgan fingerprint density at radius 2 is 1.69 bits per heavy atom. The molecular formula is C16H20N4O5S. The van der Waals surface area contributed by atoms with E-state index in [9.17, 15) is 22.8 Å². The minimum atomic E-state index is -4.34. The van der Waals surface area contributed by atoms with Gasteiger partial charge in [0.25, 0.3) is 21.5 Å². The lowest BCUT2D eigenvalue weighted by molar-refractivity contribution is 0.0920. The molecule has 4 N–H and O–H groups in total. The summed E-state index contributed by atoms with van der Waals surface area (Å²) in [4.78, 5) is 39.1. The van der Waals surface area contributed by atoms with Crippen molar-refractivity contribution in [3.8, 4) is 0 Å². The minimum absolute atomic E-state index is 0.0132. The van der Waals surface area contributed by atoms with E-state index in [1.54, 1.807) is 32.9 Å². The summed E-state index contributed by atoms with van der Waals surface area (Å²) in [6.07, 6.45) is 0. The fraction of sp³-hybridized carbons (Fsp3) is 0.312. The molecule has 0 radical (unpaired) electrons. The molecule has 10 heteroatoms. The quantitative estimate of drug-likeness (QED) is 0.618. The highest BCUT2D eigenvalue weighted by Crippen LogP contribution is 2.20. The van der Waals surface area contributed by atoms with Gasteiger partial charge in [0.1, 0.15) is 0 Å². The molecule has 0 spiro atoms. The van der Waals surface area contributed by atoms with Crippen molar-refractivity contribution in [3.05, 3.63) is 56.4 Å². The summed E-state index contributed by atoms with van der Waals surface area (Å²) in [5.41, 5.74) is -2.37. The van der Waals surface area contributed by atoms with Crippen LogP contribution >= 0.6 is 0 Å². The van der Waals surface area contributed by atoms with Gasteiger partial charge in [-0.3, -0.25) is 19.3 Å². The van der Waals surface area contributed by atoms with Gasteiger partial charge in [-0.1, -0.05) is 12.1 Å². The van der Waals surface area contributed by atoms with Gasteiger partial charge in [0.05, 0.1) is 11.3 Å². The molecule has 1 amide bonds. The average Bonchev–Trinajstić information content (AvgIpc) is 2.43. The highest BCUT2D eigenvalue weighted by atomic mass is 32.2. The topological polar surface area (TPSA) is 141 Å². The number of carbonyl (C=O) groups is 1. The van der Waals surface area contributed by atoms with Crippen LogP contribution in [0.25, 0.3) is 0 Å². The van der Waals surface area contributed by atoms with E-state index in [0.29, 0.717) is 0 Å². The molecular weight excluding hydrogens is 360 g/mol. The number of para-hydroxylation sites is 1. The van der Waals surface area contributed by atoms with E-state index in [1.165, 1.54) is 19.1 Å². The molecule has 26 heavy (non-hydrogen) atoms. The zero-order chi connectivity index (χ0) is 19.7. The summed E-state index contributed by atoms with van der Waals surface area (Å²) in [5, 5.41) is 2.74. The Morgan fingerprint density at radius 1 is 1.08 bits per heavy atom. The summed E-state index contributed by atoms with van der Waals surface area (Å²) in [5.74, 6) is -0.470. The lowest BCUT2D eigenvalue weighted by Gasteiger charge is -2.21. The number of aryl methyl sites for hydroxylation is 1. The Balaban J connectivity index is 2.48. The number of carbonyl (C=O) groups excluding carboxylic acids is 1. The number of aromatic nitrogens is 2. The van der Waals surface area contributed by atoms with Crippen LogP contribution in [0, 0.1) is 6.92 Å². The van der Waals surface area contributed by atoms with Crippen LogP contribution in [0.5, 0.6) is 0 Å². The van der Waals surface area contributed by atoms with Gasteiger partial charge in [0.15, 0.2) is 4.90 Å². The number of aromatic amines is 2. The maximum Gasteiger partial charge on any atom is 0.325 e. The average molecular weight is 380 g/mol. The van der Waals surface area contributed by atoms with Crippen molar-refractivity contribution in [2.24, 2.45) is 0 Å². The molecule has 0 aliphatic rings. The van der Waals surface area contributed by atoms with Gasteiger partial charge in [0.2, 0.25) is 0 Å². The molecule has 2 aromatic rings. The van der Waals surface area contributed by atoms with Gasteiger partial charge in [-0.15, -0.1) is 0 Å². The first-order valence-corrected chi connectivity index (χ1v) is 9.16. The third kappa shape index (κ3) is 4.39. The standard InChI is InChI=1S/C16H20N4O5S/c1-9-12(14(22)18-15(23)17-9)26(24,25)20-11-8-6-5-7-10(11)13(21)19-16(2,3)4/h5-8,20H,1-4H3,(H,19,21)(H2,17,18,22,23). The van der Waals surface area contributed by atoms with Gasteiger partial charge in [-0.25, -0.2) is 13.2 Å². The monoisotopic (exact) mass is 380 g/mol. The number of amides is 1. The molecule has 9 nitrogen and oxygen atoms in total. The van der Waals surface area contributed by atoms with Crippen LogP contribution in [0.15, 0.2) is 38.8 Å². The van der Waals surface area contributed by atoms with Crippen LogP contribution in [0.3, 0.4) is 0 Å². The molecule has 140 valence electrons. The molecule has 0 saturated carbocycles. The van der Waals surface area contributed by atoms with E-state index in [0.717, 1.165) is 0 Å². The Morgan fingerprint density at radius 3 is 2.27 bits per heavy atom. The zero-order valence-corrected chi connectivity index (χ0v) is 15.6. The number of hydrogen-bond acceptors (Lipinski definition) is 5. The van der Waals surface area contributed by atoms with E-state index in [2.05, 4.69) is 15.0 Å². The second kappa shape index (κ2) is 6.79. The van der Waals surface area contributed by atoms with Gasteiger partial charge in [-0.05, 0) is 39.8 Å². The molecule has 0 saturated heterocycles. The van der Waals surface area contributed by atoms with Crippen LogP contribution < -0.4 is 21.3 Å². The zero-order valence-electron chi connectivity index (χ0n) is 14.8. The first-order chi connectivity index (χ1) is 11.9. The van der Waals surface area contributed by atoms with Crippen molar-refractivity contribution in [2.45, 2.75) is 38.1 Å². The Bertz CT molecular complexity index is 1060. The van der Waals surface area contributed by atoms with Crippen LogP contribution in [0.2, 0.25) is 0 Å². The van der Waals surface area contributed by atoms with Gasteiger partial charge in [0, 0.05) is 11.2 Å². The van der Waals surface area contributed by atoms with E-state index in [4.69, 9.17) is 0 Å². The van der Waals surface area contributed by atoms with Gasteiger partial charge >= 0.3 is 5.69 Å². The summed E-state index contributed by atoms with van der Waals surface area (Å²) >= 11 is 0. The molecule has 1 aromatic heterocycles. The fourth-order valence-electron chi connectivity index (χ4n) is 2.29. The lowest BCUT2D eigenvalue weighted by atomic mass is 10.1. The van der Waals surface area contributed by atoms with Crippen molar-refractivity contribution < 1.29 is 13.2 Å². The van der Waals surface area contributed by atoms with Crippen LogP contribution in [0.4, 0.5) is 5.69 Å². The van der Waals surface area contributed by atoms with E-state index in [1.807, 2.05) is 4.98 Å². The second-order valence-corrected chi connectivity index (χ2v) is 8.34. The van der Waals surface area contributed by atoms with E-state index >= 15 is 0 Å². The van der Waals surface area contributed by atoms with Crippen LogP contribution in [-0.4, -0.2) is 29.8 Å². The summed E-state index contributed by atoms with van der Waals surface area (Å²) in [6.45, 7) is 6.67. The van der Waals surface area contributed by atoms with Crippen molar-refractivity contribution in [1.29, 1.82) is 0 Å². The smallest absolute Gasteiger partial charge is 0.325 e. The second-order valence-electron chi connectivity index (χ2n) is 6.72.